The second-order valence-electron chi connectivity index (χ2n) is 4.92. The van der Waals surface area contributed by atoms with Gasteiger partial charge in [-0.3, -0.25) is 4.79 Å². The second-order valence-corrected chi connectivity index (χ2v) is 5.35. The predicted molar refractivity (Wildman–Crippen MR) is 66.9 cm³/mol. The van der Waals surface area contributed by atoms with Crippen molar-refractivity contribution in [2.45, 2.75) is 25.8 Å². The molecule has 0 aliphatic carbocycles. The van der Waals surface area contributed by atoms with Crippen molar-refractivity contribution in [1.29, 1.82) is 0 Å². The Kier molecular flexibility index (Phi) is 3.40. The molecule has 1 aromatic carbocycles. The summed E-state index contributed by atoms with van der Waals surface area (Å²) in [6.45, 7) is 5.01. The highest BCUT2D eigenvalue weighted by molar-refractivity contribution is 6.30. The fraction of sp³-hybridized carbons (Fsp3) is 0.462. The molecule has 0 aromatic heterocycles. The number of halogens is 1. The maximum atomic E-state index is 12.1. The molecule has 0 unspecified atom stereocenters. The van der Waals surface area contributed by atoms with Gasteiger partial charge in [-0.05, 0) is 31.5 Å². The molecule has 1 fully saturated rings. The lowest BCUT2D eigenvalue weighted by Crippen LogP contribution is -2.44. The van der Waals surface area contributed by atoms with Gasteiger partial charge in [-0.1, -0.05) is 23.7 Å². The minimum atomic E-state index is -0.205. The lowest BCUT2D eigenvalue weighted by Gasteiger charge is -2.29. The van der Waals surface area contributed by atoms with E-state index >= 15 is 0 Å². The van der Waals surface area contributed by atoms with Crippen LogP contribution in [0.1, 0.15) is 19.4 Å². The number of hydrogen-bond acceptors (Lipinski definition) is 2. The van der Waals surface area contributed by atoms with Gasteiger partial charge in [0, 0.05) is 5.02 Å². The topological polar surface area (TPSA) is 29.5 Å². The summed E-state index contributed by atoms with van der Waals surface area (Å²) in [5.74, 6) is 0.0924. The van der Waals surface area contributed by atoms with Gasteiger partial charge >= 0.3 is 0 Å². The summed E-state index contributed by atoms with van der Waals surface area (Å²) in [7, 11) is 0. The first-order valence-corrected chi connectivity index (χ1v) is 5.99. The van der Waals surface area contributed by atoms with Gasteiger partial charge in [-0.2, -0.15) is 0 Å². The number of hydrogen-bond donors (Lipinski definition) is 0. The molecule has 0 atom stereocenters. The molecule has 3 nitrogen and oxygen atoms in total. The normalized spacial score (nSPS) is 18.4. The Morgan fingerprint density at radius 3 is 2.59 bits per heavy atom. The molecule has 1 amide bonds. The monoisotopic (exact) mass is 253 g/mol. The van der Waals surface area contributed by atoms with E-state index in [9.17, 15) is 4.79 Å². The van der Waals surface area contributed by atoms with E-state index in [1.807, 2.05) is 26.0 Å². The zero-order chi connectivity index (χ0) is 12.5. The van der Waals surface area contributed by atoms with Crippen LogP contribution in [0.4, 0.5) is 0 Å². The lowest BCUT2D eigenvalue weighted by molar-refractivity contribution is -0.134. The Morgan fingerprint density at radius 1 is 1.41 bits per heavy atom. The van der Waals surface area contributed by atoms with Crippen LogP contribution in [0.15, 0.2) is 24.3 Å². The van der Waals surface area contributed by atoms with Crippen molar-refractivity contribution in [2.24, 2.45) is 0 Å². The number of carbonyl (C=O) groups is 1. The van der Waals surface area contributed by atoms with Crippen molar-refractivity contribution in [3.63, 3.8) is 0 Å². The molecule has 0 N–H and O–H groups in total. The molecule has 1 heterocycles. The van der Waals surface area contributed by atoms with Crippen LogP contribution in [0.25, 0.3) is 0 Å². The number of amides is 1. The third-order valence-corrected chi connectivity index (χ3v) is 3.23. The van der Waals surface area contributed by atoms with Crippen molar-refractivity contribution in [1.82, 2.24) is 4.90 Å². The molecule has 1 aromatic rings. The van der Waals surface area contributed by atoms with E-state index < -0.39 is 0 Å². The van der Waals surface area contributed by atoms with Gasteiger partial charge in [-0.25, -0.2) is 0 Å². The first-order chi connectivity index (χ1) is 7.99. The summed E-state index contributed by atoms with van der Waals surface area (Å²) in [6.07, 6.45) is 0.393. The summed E-state index contributed by atoms with van der Waals surface area (Å²) in [4.78, 5) is 13.9. The number of carbonyl (C=O) groups excluding carboxylic acids is 1. The Morgan fingerprint density at radius 2 is 2.06 bits per heavy atom. The number of rotatable bonds is 2. The molecule has 0 saturated carbocycles. The third-order valence-electron chi connectivity index (χ3n) is 2.98. The van der Waals surface area contributed by atoms with E-state index in [1.54, 1.807) is 17.0 Å². The highest BCUT2D eigenvalue weighted by Gasteiger charge is 2.36. The van der Waals surface area contributed by atoms with Crippen molar-refractivity contribution in [3.05, 3.63) is 34.9 Å². The first-order valence-electron chi connectivity index (χ1n) is 5.62. The van der Waals surface area contributed by atoms with Crippen LogP contribution >= 0.6 is 11.6 Å². The van der Waals surface area contributed by atoms with Crippen LogP contribution in [0, 0.1) is 0 Å². The molecular weight excluding hydrogens is 238 g/mol. The molecule has 0 radical (unpaired) electrons. The average Bonchev–Trinajstić information content (AvgIpc) is 2.61. The Balaban J connectivity index is 2.04. The summed E-state index contributed by atoms with van der Waals surface area (Å²) in [5, 5.41) is 0.686. The minimum absolute atomic E-state index is 0.0924. The van der Waals surface area contributed by atoms with E-state index in [-0.39, 0.29) is 11.4 Å². The van der Waals surface area contributed by atoms with Crippen molar-refractivity contribution in [2.75, 3.05) is 13.3 Å². The summed E-state index contributed by atoms with van der Waals surface area (Å²) >= 11 is 5.81. The SMILES string of the molecule is CC1(C)COCN1C(=O)Cc1ccc(Cl)cc1. The molecule has 92 valence electrons. The van der Waals surface area contributed by atoms with Crippen LogP contribution < -0.4 is 0 Å². The van der Waals surface area contributed by atoms with Crippen LogP contribution in [-0.2, 0) is 16.0 Å². The molecular formula is C13H16ClNO2. The highest BCUT2D eigenvalue weighted by Crippen LogP contribution is 2.22. The van der Waals surface area contributed by atoms with Crippen LogP contribution in [-0.4, -0.2) is 29.7 Å². The van der Waals surface area contributed by atoms with Gasteiger partial charge in [0.2, 0.25) is 5.91 Å². The zero-order valence-electron chi connectivity index (χ0n) is 10.1. The van der Waals surface area contributed by atoms with Gasteiger partial charge in [0.1, 0.15) is 6.73 Å². The van der Waals surface area contributed by atoms with E-state index in [4.69, 9.17) is 16.3 Å². The minimum Gasteiger partial charge on any atom is -0.359 e. The fourth-order valence-corrected chi connectivity index (χ4v) is 2.05. The standard InChI is InChI=1S/C13H16ClNO2/c1-13(2)8-17-9-15(13)12(16)7-10-3-5-11(14)6-4-10/h3-6H,7-9H2,1-2H3. The highest BCUT2D eigenvalue weighted by atomic mass is 35.5. The summed E-state index contributed by atoms with van der Waals surface area (Å²) in [5.41, 5.74) is 0.769. The van der Waals surface area contributed by atoms with Gasteiger partial charge < -0.3 is 9.64 Å². The van der Waals surface area contributed by atoms with Gasteiger partial charge in [0.25, 0.3) is 0 Å². The quantitative estimate of drug-likeness (QED) is 0.810. The molecule has 17 heavy (non-hydrogen) atoms. The predicted octanol–water partition coefficient (Wildman–Crippen LogP) is 2.48. The number of ether oxygens (including phenoxy) is 1. The largest absolute Gasteiger partial charge is 0.359 e. The van der Waals surface area contributed by atoms with E-state index in [0.29, 0.717) is 24.8 Å². The average molecular weight is 254 g/mol. The molecule has 0 bridgehead atoms. The van der Waals surface area contributed by atoms with Gasteiger partial charge in [0.05, 0.1) is 18.6 Å². The molecule has 1 aliphatic rings. The number of benzene rings is 1. The maximum Gasteiger partial charge on any atom is 0.229 e. The van der Waals surface area contributed by atoms with E-state index in [1.165, 1.54) is 0 Å². The van der Waals surface area contributed by atoms with Crippen LogP contribution in [0.5, 0.6) is 0 Å². The molecule has 1 aliphatic heterocycles. The van der Waals surface area contributed by atoms with E-state index in [2.05, 4.69) is 0 Å². The van der Waals surface area contributed by atoms with Crippen LogP contribution in [0.3, 0.4) is 0 Å². The summed E-state index contributed by atoms with van der Waals surface area (Å²) in [6, 6.07) is 7.36. The maximum absolute atomic E-state index is 12.1. The van der Waals surface area contributed by atoms with Crippen LogP contribution in [0.2, 0.25) is 5.02 Å². The zero-order valence-corrected chi connectivity index (χ0v) is 10.8. The Hall–Kier alpha value is -1.06. The van der Waals surface area contributed by atoms with E-state index in [0.717, 1.165) is 5.56 Å². The van der Waals surface area contributed by atoms with Crippen molar-refractivity contribution in [3.8, 4) is 0 Å². The van der Waals surface area contributed by atoms with Gasteiger partial charge in [-0.15, -0.1) is 0 Å². The fourth-order valence-electron chi connectivity index (χ4n) is 1.92. The molecule has 1 saturated heterocycles. The van der Waals surface area contributed by atoms with Crippen molar-refractivity contribution >= 4 is 17.5 Å². The third kappa shape index (κ3) is 2.79. The van der Waals surface area contributed by atoms with Gasteiger partial charge in [0.15, 0.2) is 0 Å². The smallest absolute Gasteiger partial charge is 0.229 e. The second kappa shape index (κ2) is 4.67. The first kappa shape index (κ1) is 12.4. The van der Waals surface area contributed by atoms with Crippen molar-refractivity contribution < 1.29 is 9.53 Å². The molecule has 4 heteroatoms. The Labute approximate surface area is 106 Å². The number of nitrogens with zero attached hydrogens (tertiary/aromatic N) is 1. The summed E-state index contributed by atoms with van der Waals surface area (Å²) < 4.78 is 5.33. The molecule has 0 spiro atoms. The lowest BCUT2D eigenvalue weighted by atomic mass is 10.0. The Bertz CT molecular complexity index is 414. The molecule has 2 rings (SSSR count).